The molecule has 2 rings (SSSR count). The molecule has 0 unspecified atom stereocenters. The van der Waals surface area contributed by atoms with E-state index in [0.29, 0.717) is 11.3 Å². The Balaban J connectivity index is 2.32. The van der Waals surface area contributed by atoms with E-state index in [-0.39, 0.29) is 0 Å². The lowest BCUT2D eigenvalue weighted by atomic mass is 10.1. The Bertz CT molecular complexity index is 660. The van der Waals surface area contributed by atoms with Crippen LogP contribution in [-0.2, 0) is 4.74 Å². The van der Waals surface area contributed by atoms with E-state index in [9.17, 15) is 4.79 Å². The van der Waals surface area contributed by atoms with Crippen LogP contribution in [0.15, 0.2) is 45.3 Å². The van der Waals surface area contributed by atoms with Gasteiger partial charge >= 0.3 is 5.97 Å². The summed E-state index contributed by atoms with van der Waals surface area (Å²) in [5.74, 6) is -0.457. The molecule has 0 atom stereocenters. The van der Waals surface area contributed by atoms with Gasteiger partial charge < -0.3 is 15.8 Å². The molecule has 2 aromatic carbocycles. The number of ether oxygens (including phenoxy) is 1. The van der Waals surface area contributed by atoms with E-state index < -0.39 is 5.97 Å². The Morgan fingerprint density at radius 1 is 1.20 bits per heavy atom. The van der Waals surface area contributed by atoms with Crippen LogP contribution in [0.1, 0.15) is 10.4 Å². The zero-order chi connectivity index (χ0) is 14.7. The van der Waals surface area contributed by atoms with Gasteiger partial charge in [-0.1, -0.05) is 15.9 Å². The van der Waals surface area contributed by atoms with Crippen LogP contribution in [0.2, 0.25) is 0 Å². The molecule has 0 bridgehead atoms. The molecular weight excluding hydrogens is 388 g/mol. The summed E-state index contributed by atoms with van der Waals surface area (Å²) in [7, 11) is 1.33. The first-order chi connectivity index (χ1) is 9.51. The molecule has 2 aromatic rings. The van der Waals surface area contributed by atoms with Gasteiger partial charge in [-0.2, -0.15) is 0 Å². The van der Waals surface area contributed by atoms with Gasteiger partial charge in [0.2, 0.25) is 0 Å². The Morgan fingerprint density at radius 3 is 2.60 bits per heavy atom. The zero-order valence-corrected chi connectivity index (χ0v) is 13.8. The molecule has 0 amide bonds. The Hall–Kier alpha value is -1.53. The van der Waals surface area contributed by atoms with Crippen LogP contribution in [0.5, 0.6) is 0 Å². The van der Waals surface area contributed by atoms with Crippen LogP contribution >= 0.6 is 31.9 Å². The SMILES string of the molecule is COC(=O)c1cc(Nc2ccc(Br)cc2Br)ccc1N. The van der Waals surface area contributed by atoms with Gasteiger partial charge in [-0.3, -0.25) is 0 Å². The van der Waals surface area contributed by atoms with Gasteiger partial charge in [0.15, 0.2) is 0 Å². The molecule has 0 aromatic heterocycles. The number of halogens is 2. The van der Waals surface area contributed by atoms with Crippen molar-refractivity contribution in [2.45, 2.75) is 0 Å². The highest BCUT2D eigenvalue weighted by molar-refractivity contribution is 9.11. The average Bonchev–Trinajstić information content (AvgIpc) is 2.43. The van der Waals surface area contributed by atoms with Crippen molar-refractivity contribution in [2.24, 2.45) is 0 Å². The molecule has 0 aliphatic rings. The Morgan fingerprint density at radius 2 is 1.95 bits per heavy atom. The Labute approximate surface area is 133 Å². The van der Waals surface area contributed by atoms with Gasteiger partial charge in [-0.15, -0.1) is 0 Å². The van der Waals surface area contributed by atoms with Crippen LogP contribution in [-0.4, -0.2) is 13.1 Å². The predicted molar refractivity (Wildman–Crippen MR) is 87.3 cm³/mol. The molecule has 0 heterocycles. The van der Waals surface area contributed by atoms with Crippen molar-refractivity contribution in [3.8, 4) is 0 Å². The first-order valence-electron chi connectivity index (χ1n) is 5.71. The first kappa shape index (κ1) is 14.9. The highest BCUT2D eigenvalue weighted by atomic mass is 79.9. The predicted octanol–water partition coefficient (Wildman–Crippen LogP) is 4.32. The standard InChI is InChI=1S/C14H12Br2N2O2/c1-20-14(19)10-7-9(3-4-12(10)17)18-13-5-2-8(15)6-11(13)16/h2-7,18H,17H2,1H3. The highest BCUT2D eigenvalue weighted by Crippen LogP contribution is 2.30. The average molecular weight is 400 g/mol. The number of hydrogen-bond acceptors (Lipinski definition) is 4. The molecule has 0 aliphatic carbocycles. The largest absolute Gasteiger partial charge is 0.465 e. The molecule has 0 radical (unpaired) electrons. The van der Waals surface area contributed by atoms with Crippen molar-refractivity contribution >= 4 is 54.9 Å². The van der Waals surface area contributed by atoms with Crippen LogP contribution < -0.4 is 11.1 Å². The summed E-state index contributed by atoms with van der Waals surface area (Å²) in [5.41, 5.74) is 8.13. The van der Waals surface area contributed by atoms with Crippen molar-refractivity contribution in [3.05, 3.63) is 50.9 Å². The molecule has 104 valence electrons. The van der Waals surface area contributed by atoms with Gasteiger partial charge in [-0.25, -0.2) is 4.79 Å². The molecule has 0 aliphatic heterocycles. The van der Waals surface area contributed by atoms with Gasteiger partial charge in [0.25, 0.3) is 0 Å². The molecule has 0 saturated carbocycles. The van der Waals surface area contributed by atoms with Gasteiger partial charge in [0, 0.05) is 20.3 Å². The number of esters is 1. The Kier molecular flexibility index (Phi) is 4.67. The molecule has 3 N–H and O–H groups in total. The second kappa shape index (κ2) is 6.28. The summed E-state index contributed by atoms with van der Waals surface area (Å²) in [6, 6.07) is 10.9. The maximum Gasteiger partial charge on any atom is 0.340 e. The topological polar surface area (TPSA) is 64.3 Å². The molecular formula is C14H12Br2N2O2. The summed E-state index contributed by atoms with van der Waals surface area (Å²) in [6.07, 6.45) is 0. The normalized spacial score (nSPS) is 10.2. The van der Waals surface area contributed by atoms with Crippen LogP contribution in [0.4, 0.5) is 17.1 Å². The summed E-state index contributed by atoms with van der Waals surface area (Å²) in [4.78, 5) is 11.6. The van der Waals surface area contributed by atoms with E-state index in [2.05, 4.69) is 37.2 Å². The summed E-state index contributed by atoms with van der Waals surface area (Å²) < 4.78 is 6.58. The fourth-order valence-corrected chi connectivity index (χ4v) is 2.81. The lowest BCUT2D eigenvalue weighted by Crippen LogP contribution is -2.06. The third-order valence-corrected chi connectivity index (χ3v) is 3.82. The van der Waals surface area contributed by atoms with E-state index >= 15 is 0 Å². The number of nitrogens with two attached hydrogens (primary N) is 1. The molecule has 0 spiro atoms. The molecule has 6 heteroatoms. The van der Waals surface area contributed by atoms with Crippen molar-refractivity contribution in [3.63, 3.8) is 0 Å². The van der Waals surface area contributed by atoms with Crippen LogP contribution in [0.25, 0.3) is 0 Å². The number of carbonyl (C=O) groups excluding carboxylic acids is 1. The molecule has 0 fully saturated rings. The number of methoxy groups -OCH3 is 1. The number of rotatable bonds is 3. The minimum Gasteiger partial charge on any atom is -0.465 e. The number of nitrogens with one attached hydrogen (secondary N) is 1. The van der Waals surface area contributed by atoms with Crippen molar-refractivity contribution in [1.29, 1.82) is 0 Å². The van der Waals surface area contributed by atoms with Crippen molar-refractivity contribution in [1.82, 2.24) is 0 Å². The van der Waals surface area contributed by atoms with Crippen LogP contribution in [0.3, 0.4) is 0 Å². The van der Waals surface area contributed by atoms with Gasteiger partial charge in [0.1, 0.15) is 0 Å². The maximum absolute atomic E-state index is 11.6. The highest BCUT2D eigenvalue weighted by Gasteiger charge is 2.11. The van der Waals surface area contributed by atoms with E-state index in [1.807, 2.05) is 18.2 Å². The third-order valence-electron chi connectivity index (χ3n) is 2.67. The number of hydrogen-bond donors (Lipinski definition) is 2. The minimum absolute atomic E-state index is 0.339. The van der Waals surface area contributed by atoms with Crippen molar-refractivity contribution < 1.29 is 9.53 Å². The monoisotopic (exact) mass is 398 g/mol. The molecule has 20 heavy (non-hydrogen) atoms. The maximum atomic E-state index is 11.6. The smallest absolute Gasteiger partial charge is 0.340 e. The lowest BCUT2D eigenvalue weighted by Gasteiger charge is -2.11. The van der Waals surface area contributed by atoms with Gasteiger partial charge in [0.05, 0.1) is 18.4 Å². The number of carbonyl (C=O) groups is 1. The second-order valence-corrected chi connectivity index (χ2v) is 5.81. The third kappa shape index (κ3) is 3.32. The molecule has 0 saturated heterocycles. The molecule has 4 nitrogen and oxygen atoms in total. The quantitative estimate of drug-likeness (QED) is 0.595. The lowest BCUT2D eigenvalue weighted by molar-refractivity contribution is 0.0602. The zero-order valence-electron chi connectivity index (χ0n) is 10.6. The summed E-state index contributed by atoms with van der Waals surface area (Å²) in [6.45, 7) is 0. The summed E-state index contributed by atoms with van der Waals surface area (Å²) in [5, 5.41) is 3.21. The van der Waals surface area contributed by atoms with E-state index in [0.717, 1.165) is 20.3 Å². The number of anilines is 3. The van der Waals surface area contributed by atoms with Crippen LogP contribution in [0, 0.1) is 0 Å². The first-order valence-corrected chi connectivity index (χ1v) is 7.30. The minimum atomic E-state index is -0.457. The fourth-order valence-electron chi connectivity index (χ4n) is 1.67. The van der Waals surface area contributed by atoms with Gasteiger partial charge in [-0.05, 0) is 52.3 Å². The number of benzene rings is 2. The van der Waals surface area contributed by atoms with E-state index in [1.165, 1.54) is 7.11 Å². The van der Waals surface area contributed by atoms with E-state index in [4.69, 9.17) is 10.5 Å². The number of nitrogen functional groups attached to an aromatic ring is 1. The summed E-state index contributed by atoms with van der Waals surface area (Å²) >= 11 is 6.87. The van der Waals surface area contributed by atoms with Crippen molar-refractivity contribution in [2.75, 3.05) is 18.2 Å². The fraction of sp³-hybridized carbons (Fsp3) is 0.0714. The van der Waals surface area contributed by atoms with E-state index in [1.54, 1.807) is 18.2 Å². The second-order valence-electron chi connectivity index (χ2n) is 4.04.